The van der Waals surface area contributed by atoms with Crippen molar-refractivity contribution < 1.29 is 42.6 Å². The summed E-state index contributed by atoms with van der Waals surface area (Å²) in [6, 6.07) is 3.59. The van der Waals surface area contributed by atoms with Crippen molar-refractivity contribution in [2.24, 2.45) is 0 Å². The van der Waals surface area contributed by atoms with E-state index in [1.165, 1.54) is 23.3 Å². The number of aromatic nitrogens is 1. The van der Waals surface area contributed by atoms with Crippen LogP contribution in [0.5, 0.6) is 5.88 Å². The number of carbonyl (C=O) groups excluding carboxylic acids is 2. The Bertz CT molecular complexity index is 1040. The number of benzene rings is 1. The zero-order valence-corrected chi connectivity index (χ0v) is 17.3. The highest BCUT2D eigenvalue weighted by Crippen LogP contribution is 2.32. The first-order chi connectivity index (χ1) is 15.9. The van der Waals surface area contributed by atoms with E-state index in [0.717, 1.165) is 17.0 Å². The molecule has 2 atom stereocenters. The predicted molar refractivity (Wildman–Crippen MR) is 108 cm³/mol. The molecule has 0 unspecified atom stereocenters. The molecule has 2 aliphatic rings. The molecule has 1 aromatic carbocycles. The van der Waals surface area contributed by atoms with Crippen LogP contribution >= 0.6 is 0 Å². The molecule has 4 rings (SSSR count). The van der Waals surface area contributed by atoms with Crippen molar-refractivity contribution in [1.82, 2.24) is 10.1 Å². The van der Waals surface area contributed by atoms with Gasteiger partial charge in [0.15, 0.2) is 12.2 Å². The van der Waals surface area contributed by atoms with Gasteiger partial charge in [-0.2, -0.15) is 0 Å². The maximum absolute atomic E-state index is 14.9. The van der Waals surface area contributed by atoms with Crippen LogP contribution in [0, 0.1) is 11.6 Å². The molecule has 3 heterocycles. The number of hydrogen-bond acceptors (Lipinski definition) is 8. The van der Waals surface area contributed by atoms with Gasteiger partial charge in [0, 0.05) is 24.7 Å². The van der Waals surface area contributed by atoms with Gasteiger partial charge >= 0.3 is 6.09 Å². The van der Waals surface area contributed by atoms with E-state index in [4.69, 9.17) is 14.6 Å². The van der Waals surface area contributed by atoms with E-state index in [1.54, 1.807) is 0 Å². The van der Waals surface area contributed by atoms with Gasteiger partial charge in [0.2, 0.25) is 0 Å². The molecule has 2 amide bonds. The molecule has 2 N–H and O–H groups in total. The van der Waals surface area contributed by atoms with Crippen LogP contribution in [0.15, 0.2) is 35.1 Å². The number of carbonyl (C=O) groups is 2. The lowest BCUT2D eigenvalue weighted by molar-refractivity contribution is -0.141. The second-order valence-electron chi connectivity index (χ2n) is 7.51. The molecule has 176 valence electrons. The maximum Gasteiger partial charge on any atom is 0.414 e. The average Bonchev–Trinajstić information content (AvgIpc) is 3.46. The Kier molecular flexibility index (Phi) is 6.56. The Labute approximate surface area is 186 Å². The summed E-state index contributed by atoms with van der Waals surface area (Å²) >= 11 is 0. The van der Waals surface area contributed by atoms with Gasteiger partial charge in [0.1, 0.15) is 24.5 Å². The first-order valence-corrected chi connectivity index (χ1v) is 10.1. The standard InChI is InChI=1S/C21H21F2N3O7/c22-15-7-13(26-9-14(33-21(26)30)11-31-18-3-6-32-24-18)8-16(23)19(15)12-1-4-25(5-2-12)20(29)17(28)10-27/h1,3,6-8,14,17,27-28H,2,4-5,9-11H2/t14-,17+/m0/s1. The average molecular weight is 465 g/mol. The third-order valence-corrected chi connectivity index (χ3v) is 5.34. The molecule has 1 aromatic heterocycles. The van der Waals surface area contributed by atoms with E-state index in [9.17, 15) is 23.5 Å². The Morgan fingerprint density at radius 3 is 2.70 bits per heavy atom. The summed E-state index contributed by atoms with van der Waals surface area (Å²) in [5.74, 6) is -2.15. The number of rotatable bonds is 7. The number of amides is 2. The SMILES string of the molecule is O=C([C@H](O)CO)N1CC=C(c2c(F)cc(N3C[C@@H](COc4ccon4)OC3=O)cc2F)CC1. The van der Waals surface area contributed by atoms with Crippen molar-refractivity contribution in [1.29, 1.82) is 0 Å². The summed E-state index contributed by atoms with van der Waals surface area (Å²) in [5.41, 5.74) is 0.121. The second kappa shape index (κ2) is 9.55. The zero-order chi connectivity index (χ0) is 23.5. The van der Waals surface area contributed by atoms with Crippen molar-refractivity contribution in [2.45, 2.75) is 18.6 Å². The number of nitrogens with zero attached hydrogens (tertiary/aromatic N) is 3. The van der Waals surface area contributed by atoms with Crippen molar-refractivity contribution in [3.8, 4) is 5.88 Å². The van der Waals surface area contributed by atoms with Crippen LogP contribution < -0.4 is 9.64 Å². The van der Waals surface area contributed by atoms with Gasteiger partial charge in [-0.3, -0.25) is 9.69 Å². The van der Waals surface area contributed by atoms with Crippen LogP contribution in [-0.4, -0.2) is 77.3 Å². The van der Waals surface area contributed by atoms with Crippen molar-refractivity contribution >= 4 is 23.3 Å². The Hall–Kier alpha value is -3.51. The minimum atomic E-state index is -1.53. The zero-order valence-electron chi connectivity index (χ0n) is 17.3. The molecule has 33 heavy (non-hydrogen) atoms. The van der Waals surface area contributed by atoms with Gasteiger partial charge in [0.25, 0.3) is 11.8 Å². The van der Waals surface area contributed by atoms with E-state index in [1.807, 2.05) is 0 Å². The quantitative estimate of drug-likeness (QED) is 0.627. The van der Waals surface area contributed by atoms with Crippen LogP contribution in [0.2, 0.25) is 0 Å². The molecule has 2 aromatic rings. The highest BCUT2D eigenvalue weighted by atomic mass is 19.1. The van der Waals surface area contributed by atoms with Crippen molar-refractivity contribution in [3.05, 3.63) is 47.7 Å². The molecule has 0 aliphatic carbocycles. The van der Waals surface area contributed by atoms with E-state index >= 15 is 0 Å². The minimum absolute atomic E-state index is 0.00182. The fourth-order valence-corrected chi connectivity index (χ4v) is 3.68. The summed E-state index contributed by atoms with van der Waals surface area (Å²) < 4.78 is 44.9. The highest BCUT2D eigenvalue weighted by Gasteiger charge is 2.34. The smallest absolute Gasteiger partial charge is 0.414 e. The third-order valence-electron chi connectivity index (χ3n) is 5.34. The van der Waals surface area contributed by atoms with Crippen molar-refractivity contribution in [2.75, 3.05) is 37.7 Å². The van der Waals surface area contributed by atoms with Crippen molar-refractivity contribution in [3.63, 3.8) is 0 Å². The number of hydrogen-bond donors (Lipinski definition) is 2. The van der Waals surface area contributed by atoms with Gasteiger partial charge < -0.3 is 29.1 Å². The second-order valence-corrected chi connectivity index (χ2v) is 7.51. The van der Waals surface area contributed by atoms with E-state index < -0.39 is 42.4 Å². The molecule has 2 aliphatic heterocycles. The number of cyclic esters (lactones) is 1. The maximum atomic E-state index is 14.9. The molecule has 1 saturated heterocycles. The molecular formula is C21H21F2N3O7. The fraction of sp³-hybridized carbons (Fsp3) is 0.381. The normalized spacial score (nSPS) is 19.3. The summed E-state index contributed by atoms with van der Waals surface area (Å²) in [4.78, 5) is 26.6. The van der Waals surface area contributed by atoms with Crippen LogP contribution in [0.3, 0.4) is 0 Å². The lowest BCUT2D eigenvalue weighted by atomic mass is 9.97. The largest absolute Gasteiger partial charge is 0.471 e. The monoisotopic (exact) mass is 465 g/mol. The number of ether oxygens (including phenoxy) is 2. The van der Waals surface area contributed by atoms with E-state index in [0.29, 0.717) is 5.57 Å². The summed E-state index contributed by atoms with van der Waals surface area (Å²) in [6.07, 6.45) is 0.0179. The van der Waals surface area contributed by atoms with E-state index in [-0.39, 0.29) is 49.8 Å². The summed E-state index contributed by atoms with van der Waals surface area (Å²) in [6.45, 7) is -0.513. The first-order valence-electron chi connectivity index (χ1n) is 10.1. The molecule has 1 fully saturated rings. The fourth-order valence-electron chi connectivity index (χ4n) is 3.68. The molecule has 12 heteroatoms. The molecular weight excluding hydrogens is 444 g/mol. The molecule has 0 saturated carbocycles. The third kappa shape index (κ3) is 4.81. The van der Waals surface area contributed by atoms with Gasteiger partial charge in [-0.15, -0.1) is 0 Å². The Balaban J connectivity index is 1.45. The lowest BCUT2D eigenvalue weighted by Gasteiger charge is -2.28. The van der Waals surface area contributed by atoms with Crippen LogP contribution in [0.4, 0.5) is 19.3 Å². The molecule has 10 nitrogen and oxygen atoms in total. The Morgan fingerprint density at radius 1 is 1.33 bits per heavy atom. The number of halogens is 2. The number of aliphatic hydroxyl groups excluding tert-OH is 2. The van der Waals surface area contributed by atoms with E-state index in [2.05, 4.69) is 9.68 Å². The van der Waals surface area contributed by atoms with Gasteiger partial charge in [0.05, 0.1) is 18.8 Å². The molecule has 0 bridgehead atoms. The predicted octanol–water partition coefficient (Wildman–Crippen LogP) is 1.33. The topological polar surface area (TPSA) is 126 Å². The first kappa shape index (κ1) is 22.7. The van der Waals surface area contributed by atoms with Crippen LogP contribution in [-0.2, 0) is 9.53 Å². The Morgan fingerprint density at radius 2 is 2.09 bits per heavy atom. The molecule has 0 radical (unpaired) electrons. The number of anilines is 1. The highest BCUT2D eigenvalue weighted by molar-refractivity contribution is 5.90. The lowest BCUT2D eigenvalue weighted by Crippen LogP contribution is -2.42. The summed E-state index contributed by atoms with van der Waals surface area (Å²) in [7, 11) is 0. The van der Waals surface area contributed by atoms with Crippen LogP contribution in [0.1, 0.15) is 12.0 Å². The van der Waals surface area contributed by atoms with Gasteiger partial charge in [-0.05, 0) is 29.3 Å². The molecule has 0 spiro atoms. The van der Waals surface area contributed by atoms with Gasteiger partial charge in [-0.1, -0.05) is 6.08 Å². The minimum Gasteiger partial charge on any atom is -0.471 e. The van der Waals surface area contributed by atoms with Gasteiger partial charge in [-0.25, -0.2) is 13.6 Å². The summed E-state index contributed by atoms with van der Waals surface area (Å²) in [5, 5.41) is 21.9. The van der Waals surface area contributed by atoms with Crippen LogP contribution in [0.25, 0.3) is 5.57 Å². The number of aliphatic hydroxyl groups is 2.